The van der Waals surface area contributed by atoms with Crippen LogP contribution in [-0.2, 0) is 6.42 Å². The number of rotatable bonds is 2. The van der Waals surface area contributed by atoms with Crippen molar-refractivity contribution in [2.45, 2.75) is 24.9 Å². The largest absolute Gasteiger partial charge is 0.349 e. The van der Waals surface area contributed by atoms with E-state index >= 15 is 0 Å². The summed E-state index contributed by atoms with van der Waals surface area (Å²) < 4.78 is 0. The van der Waals surface area contributed by atoms with Crippen LogP contribution < -0.4 is 10.6 Å². The zero-order valence-electron chi connectivity index (χ0n) is 15.1. The van der Waals surface area contributed by atoms with Crippen molar-refractivity contribution in [3.05, 3.63) is 99.0 Å². The highest BCUT2D eigenvalue weighted by atomic mass is 35.5. The number of para-hydroxylation sites is 1. The topological polar surface area (TPSA) is 36.4 Å². The molecule has 0 fully saturated rings. The van der Waals surface area contributed by atoms with Crippen LogP contribution in [0.4, 0.5) is 5.69 Å². The van der Waals surface area contributed by atoms with Crippen LogP contribution in [0.25, 0.3) is 0 Å². The lowest BCUT2D eigenvalue weighted by Crippen LogP contribution is -2.36. The second-order valence-electron chi connectivity index (χ2n) is 7.19. The number of aliphatic imine (C=N–C) groups is 1. The normalized spacial score (nSPS) is 20.0. The molecule has 3 nitrogen and oxygen atoms in total. The van der Waals surface area contributed by atoms with Gasteiger partial charge in [-0.3, -0.25) is 0 Å². The molecule has 1 unspecified atom stereocenters. The molecule has 1 aliphatic carbocycles. The molecular weight excluding hydrogens is 389 g/mol. The van der Waals surface area contributed by atoms with E-state index in [0.29, 0.717) is 10.0 Å². The second-order valence-corrected chi connectivity index (χ2v) is 8.04. The molecule has 3 aromatic rings. The smallest absolute Gasteiger partial charge is 0.197 e. The van der Waals surface area contributed by atoms with Crippen LogP contribution in [0.2, 0.25) is 10.0 Å². The monoisotopic (exact) mass is 407 g/mol. The highest BCUT2D eigenvalue weighted by Crippen LogP contribution is 2.39. The van der Waals surface area contributed by atoms with Gasteiger partial charge < -0.3 is 10.6 Å². The molecule has 0 saturated carbocycles. The summed E-state index contributed by atoms with van der Waals surface area (Å²) in [5.41, 5.74) is 5.79. The van der Waals surface area contributed by atoms with E-state index < -0.39 is 0 Å². The van der Waals surface area contributed by atoms with E-state index in [1.165, 1.54) is 11.1 Å². The molecular formula is C23H19Cl2N3. The minimum absolute atomic E-state index is 0.206. The molecule has 0 aromatic heterocycles. The van der Waals surface area contributed by atoms with Crippen molar-refractivity contribution < 1.29 is 0 Å². The maximum atomic E-state index is 6.51. The summed E-state index contributed by atoms with van der Waals surface area (Å²) in [7, 11) is 0. The number of fused-ring (bicyclic) bond motifs is 2. The maximum absolute atomic E-state index is 6.51. The summed E-state index contributed by atoms with van der Waals surface area (Å²) in [6.07, 6.45) is 2.14. The van der Waals surface area contributed by atoms with Crippen molar-refractivity contribution in [1.82, 2.24) is 5.32 Å². The second kappa shape index (κ2) is 7.16. The van der Waals surface area contributed by atoms with E-state index in [4.69, 9.17) is 28.2 Å². The van der Waals surface area contributed by atoms with Gasteiger partial charge >= 0.3 is 0 Å². The molecule has 5 heteroatoms. The van der Waals surface area contributed by atoms with Crippen molar-refractivity contribution >= 4 is 34.8 Å². The lowest BCUT2D eigenvalue weighted by Gasteiger charge is -2.28. The molecule has 0 radical (unpaired) electrons. The third-order valence-electron chi connectivity index (χ3n) is 5.46. The van der Waals surface area contributed by atoms with Crippen LogP contribution in [0.5, 0.6) is 0 Å². The fourth-order valence-electron chi connectivity index (χ4n) is 4.11. The minimum Gasteiger partial charge on any atom is -0.349 e. The number of anilines is 1. The zero-order chi connectivity index (χ0) is 19.1. The van der Waals surface area contributed by atoms with Crippen molar-refractivity contribution in [3.63, 3.8) is 0 Å². The van der Waals surface area contributed by atoms with E-state index in [1.807, 2.05) is 24.3 Å². The van der Waals surface area contributed by atoms with E-state index in [2.05, 4.69) is 47.0 Å². The van der Waals surface area contributed by atoms with Crippen molar-refractivity contribution in [2.24, 2.45) is 4.99 Å². The number of hydrogen-bond donors (Lipinski definition) is 2. The average Bonchev–Trinajstić information content (AvgIpc) is 3.12. The maximum Gasteiger partial charge on any atom is 0.197 e. The molecule has 1 aliphatic heterocycles. The van der Waals surface area contributed by atoms with E-state index in [9.17, 15) is 0 Å². The minimum atomic E-state index is -0.206. The number of halogens is 2. The Balaban J connectivity index is 1.53. The molecule has 2 atom stereocenters. The van der Waals surface area contributed by atoms with E-state index in [-0.39, 0.29) is 12.1 Å². The number of nitrogens with zero attached hydrogens (tertiary/aromatic N) is 1. The first-order valence-corrected chi connectivity index (χ1v) is 10.2. The quantitative estimate of drug-likeness (QED) is 0.534. The molecule has 0 bridgehead atoms. The Kier molecular flexibility index (Phi) is 4.50. The van der Waals surface area contributed by atoms with Crippen LogP contribution in [0, 0.1) is 0 Å². The first kappa shape index (κ1) is 17.6. The first-order valence-electron chi connectivity index (χ1n) is 9.42. The van der Waals surface area contributed by atoms with Crippen LogP contribution in [0.3, 0.4) is 0 Å². The van der Waals surface area contributed by atoms with Crippen molar-refractivity contribution in [2.75, 3.05) is 5.32 Å². The summed E-state index contributed by atoms with van der Waals surface area (Å²) in [6, 6.07) is 22.4. The lowest BCUT2D eigenvalue weighted by atomic mass is 9.96. The lowest BCUT2D eigenvalue weighted by molar-refractivity contribution is 0.633. The van der Waals surface area contributed by atoms with Crippen LogP contribution in [0.1, 0.15) is 40.8 Å². The Morgan fingerprint density at radius 3 is 2.57 bits per heavy atom. The summed E-state index contributed by atoms with van der Waals surface area (Å²) in [6.45, 7) is 0. The zero-order valence-corrected chi connectivity index (χ0v) is 16.6. The molecule has 1 heterocycles. The Bertz CT molecular complexity index is 1080. The van der Waals surface area contributed by atoms with Crippen LogP contribution in [-0.4, -0.2) is 5.96 Å². The van der Waals surface area contributed by atoms with Gasteiger partial charge in [-0.1, -0.05) is 65.7 Å². The Hall–Kier alpha value is -2.49. The highest BCUT2D eigenvalue weighted by molar-refractivity contribution is 6.33. The molecule has 0 saturated heterocycles. The molecule has 0 amide bonds. The highest BCUT2D eigenvalue weighted by Gasteiger charge is 2.28. The van der Waals surface area contributed by atoms with Gasteiger partial charge in [-0.15, -0.1) is 0 Å². The van der Waals surface area contributed by atoms with Gasteiger partial charge in [0.05, 0.1) is 6.04 Å². The van der Waals surface area contributed by atoms with Gasteiger partial charge in [-0.25, -0.2) is 4.99 Å². The molecule has 3 aromatic carbocycles. The first-order chi connectivity index (χ1) is 13.7. The van der Waals surface area contributed by atoms with Gasteiger partial charge in [0, 0.05) is 26.9 Å². The Morgan fingerprint density at radius 1 is 0.893 bits per heavy atom. The van der Waals surface area contributed by atoms with Crippen molar-refractivity contribution in [3.8, 4) is 0 Å². The molecule has 140 valence electrons. The predicted molar refractivity (Wildman–Crippen MR) is 116 cm³/mol. The van der Waals surface area contributed by atoms with Gasteiger partial charge in [0.2, 0.25) is 0 Å². The molecule has 2 aliphatic rings. The fraction of sp³-hybridized carbons (Fsp3) is 0.174. The third-order valence-corrected chi connectivity index (χ3v) is 6.04. The third kappa shape index (κ3) is 3.15. The molecule has 5 rings (SSSR count). The van der Waals surface area contributed by atoms with Gasteiger partial charge in [-0.05, 0) is 48.2 Å². The number of nitrogens with one attached hydrogen (secondary N) is 2. The number of aryl methyl sites for hydroxylation is 1. The summed E-state index contributed by atoms with van der Waals surface area (Å²) >= 11 is 12.8. The molecule has 28 heavy (non-hydrogen) atoms. The molecule has 0 spiro atoms. The summed E-state index contributed by atoms with van der Waals surface area (Å²) in [5.74, 6) is 0.765. The van der Waals surface area contributed by atoms with E-state index in [0.717, 1.165) is 35.6 Å². The van der Waals surface area contributed by atoms with Gasteiger partial charge in [0.15, 0.2) is 5.96 Å². The Morgan fingerprint density at radius 2 is 1.68 bits per heavy atom. The average molecular weight is 408 g/mol. The fourth-order valence-corrected chi connectivity index (χ4v) is 4.52. The number of hydrogen-bond acceptors (Lipinski definition) is 3. The Labute approximate surface area is 174 Å². The standard InChI is InChI=1S/C23H19Cl2N3/c24-15-10-11-19(25)18(13-15)22-17-7-3-4-8-20(17)26-23(28-22)27-21-12-9-14-5-1-2-6-16(14)21/h1-8,10-11,13,21-22H,9,12H2,(H2,26,27,28)/t21-,22?/m0/s1. The SMILES string of the molecule is Clc1ccc(Cl)c(C2N=C(N[C@H]3CCc4ccccc43)Nc3ccccc32)c1. The number of benzene rings is 3. The summed E-state index contributed by atoms with van der Waals surface area (Å²) in [4.78, 5) is 4.98. The number of guanidine groups is 1. The van der Waals surface area contributed by atoms with Crippen LogP contribution in [0.15, 0.2) is 71.7 Å². The van der Waals surface area contributed by atoms with Gasteiger partial charge in [0.25, 0.3) is 0 Å². The van der Waals surface area contributed by atoms with Crippen LogP contribution >= 0.6 is 23.2 Å². The van der Waals surface area contributed by atoms with Crippen molar-refractivity contribution in [1.29, 1.82) is 0 Å². The predicted octanol–water partition coefficient (Wildman–Crippen LogP) is 6.14. The van der Waals surface area contributed by atoms with E-state index in [1.54, 1.807) is 6.07 Å². The summed E-state index contributed by atoms with van der Waals surface area (Å²) in [5, 5.41) is 8.39. The molecule has 2 N–H and O–H groups in total. The van der Waals surface area contributed by atoms with Gasteiger partial charge in [-0.2, -0.15) is 0 Å². The van der Waals surface area contributed by atoms with Gasteiger partial charge in [0.1, 0.15) is 6.04 Å².